The van der Waals surface area contributed by atoms with Gasteiger partial charge in [-0.2, -0.15) is 8.78 Å². The van der Waals surface area contributed by atoms with Gasteiger partial charge in [0, 0.05) is 6.54 Å². The Morgan fingerprint density at radius 2 is 1.81 bits per heavy atom. The molecule has 0 heterocycles. The topological polar surface area (TPSA) is 46.2 Å². The van der Waals surface area contributed by atoms with Crippen LogP contribution in [0.25, 0.3) is 0 Å². The zero-order valence-corrected chi connectivity index (χ0v) is 10.5. The molecule has 0 amide bonds. The first-order valence-corrected chi connectivity index (χ1v) is 6.85. The van der Waals surface area contributed by atoms with Crippen LogP contribution in [0.4, 0.5) is 8.78 Å². The number of halogens is 3. The third kappa shape index (κ3) is 3.80. The van der Waals surface area contributed by atoms with E-state index in [1.807, 2.05) is 10.8 Å². The first-order chi connectivity index (χ1) is 7.43. The predicted octanol–water partition coefficient (Wildman–Crippen LogP) is 2.26. The van der Waals surface area contributed by atoms with Crippen molar-refractivity contribution in [1.29, 1.82) is 0 Å². The molecule has 0 spiro atoms. The maximum atomic E-state index is 12.0. The van der Waals surface area contributed by atoms with Crippen LogP contribution >= 0.6 is 15.9 Å². The summed E-state index contributed by atoms with van der Waals surface area (Å²) in [4.78, 5) is -0.331. The van der Waals surface area contributed by atoms with Crippen molar-refractivity contribution in [2.45, 2.75) is 10.6 Å². The standard InChI is InChI=1S/C9H10BrF2NO2S/c10-8(7-4-2-1-3-5-7)6-13-16(14,15)9(11)12/h1-5,8-9,13H,6H2. The molecule has 16 heavy (non-hydrogen) atoms. The van der Waals surface area contributed by atoms with Gasteiger partial charge in [0.05, 0.1) is 4.83 Å². The number of alkyl halides is 3. The van der Waals surface area contributed by atoms with E-state index in [1.54, 1.807) is 24.3 Å². The molecule has 0 aliphatic rings. The van der Waals surface area contributed by atoms with Crippen LogP contribution in [0, 0.1) is 0 Å². The Labute approximate surface area is 101 Å². The Bertz CT molecular complexity index is 424. The summed E-state index contributed by atoms with van der Waals surface area (Å²) < 4.78 is 47.4. The summed E-state index contributed by atoms with van der Waals surface area (Å²) >= 11 is 3.22. The van der Waals surface area contributed by atoms with Gasteiger partial charge in [-0.3, -0.25) is 0 Å². The maximum absolute atomic E-state index is 12.0. The van der Waals surface area contributed by atoms with Crippen molar-refractivity contribution in [3.05, 3.63) is 35.9 Å². The highest BCUT2D eigenvalue weighted by molar-refractivity contribution is 9.09. The van der Waals surface area contributed by atoms with Gasteiger partial charge in [0.15, 0.2) is 0 Å². The molecule has 0 aliphatic carbocycles. The number of hydrogen-bond donors (Lipinski definition) is 1. The van der Waals surface area contributed by atoms with Gasteiger partial charge in [0.25, 0.3) is 10.0 Å². The third-order valence-electron chi connectivity index (χ3n) is 1.86. The molecule has 1 rings (SSSR count). The predicted molar refractivity (Wildman–Crippen MR) is 61.0 cm³/mol. The Kier molecular flexibility index (Phi) is 4.82. The summed E-state index contributed by atoms with van der Waals surface area (Å²) in [6.45, 7) is -0.114. The van der Waals surface area contributed by atoms with Crippen LogP contribution in [0.15, 0.2) is 30.3 Å². The van der Waals surface area contributed by atoms with Crippen LogP contribution < -0.4 is 4.72 Å². The van der Waals surface area contributed by atoms with Crippen molar-refractivity contribution in [2.24, 2.45) is 0 Å². The normalized spacial score (nSPS) is 14.0. The van der Waals surface area contributed by atoms with Crippen LogP contribution in [0.5, 0.6) is 0 Å². The Morgan fingerprint density at radius 3 is 2.31 bits per heavy atom. The molecule has 0 saturated carbocycles. The smallest absolute Gasteiger partial charge is 0.209 e. The van der Waals surface area contributed by atoms with E-state index in [-0.39, 0.29) is 11.4 Å². The zero-order valence-electron chi connectivity index (χ0n) is 8.11. The molecule has 0 aliphatic heterocycles. The molecule has 90 valence electrons. The lowest BCUT2D eigenvalue weighted by Crippen LogP contribution is -2.31. The molecule has 0 radical (unpaired) electrons. The number of sulfonamides is 1. The second kappa shape index (κ2) is 5.70. The van der Waals surface area contributed by atoms with E-state index in [0.29, 0.717) is 0 Å². The minimum atomic E-state index is -4.51. The number of benzene rings is 1. The van der Waals surface area contributed by atoms with Gasteiger partial charge in [-0.15, -0.1) is 0 Å². The van der Waals surface area contributed by atoms with Crippen LogP contribution in [0.3, 0.4) is 0 Å². The van der Waals surface area contributed by atoms with E-state index in [2.05, 4.69) is 15.9 Å². The van der Waals surface area contributed by atoms with Crippen LogP contribution in [0.1, 0.15) is 10.4 Å². The number of nitrogens with one attached hydrogen (secondary N) is 1. The molecule has 0 bridgehead atoms. The highest BCUT2D eigenvalue weighted by Gasteiger charge is 2.24. The Balaban J connectivity index is 2.58. The minimum Gasteiger partial charge on any atom is -0.209 e. The van der Waals surface area contributed by atoms with Crippen molar-refractivity contribution < 1.29 is 17.2 Å². The fraction of sp³-hybridized carbons (Fsp3) is 0.333. The Hall–Kier alpha value is -0.530. The van der Waals surface area contributed by atoms with Crippen molar-refractivity contribution in [3.8, 4) is 0 Å². The summed E-state index contributed by atoms with van der Waals surface area (Å²) in [5.41, 5.74) is 0.819. The average Bonchev–Trinajstić information content (AvgIpc) is 2.27. The van der Waals surface area contributed by atoms with Gasteiger partial charge < -0.3 is 0 Å². The van der Waals surface area contributed by atoms with Gasteiger partial charge in [0.2, 0.25) is 0 Å². The first-order valence-electron chi connectivity index (χ1n) is 4.39. The minimum absolute atomic E-state index is 0.114. The molecular weight excluding hydrogens is 304 g/mol. The van der Waals surface area contributed by atoms with Crippen LogP contribution in [0.2, 0.25) is 0 Å². The van der Waals surface area contributed by atoms with Gasteiger partial charge >= 0.3 is 5.76 Å². The van der Waals surface area contributed by atoms with E-state index >= 15 is 0 Å². The fourth-order valence-corrected chi connectivity index (χ4v) is 2.24. The molecule has 7 heteroatoms. The second-order valence-corrected chi connectivity index (χ2v) is 5.87. The quantitative estimate of drug-likeness (QED) is 0.848. The van der Waals surface area contributed by atoms with Crippen molar-refractivity contribution >= 4 is 26.0 Å². The van der Waals surface area contributed by atoms with Gasteiger partial charge in [-0.25, -0.2) is 13.1 Å². The zero-order chi connectivity index (χ0) is 12.2. The lowest BCUT2D eigenvalue weighted by atomic mass is 10.2. The molecule has 1 unspecified atom stereocenters. The highest BCUT2D eigenvalue weighted by atomic mass is 79.9. The monoisotopic (exact) mass is 313 g/mol. The molecule has 1 atom stereocenters. The molecule has 1 aromatic carbocycles. The summed E-state index contributed by atoms with van der Waals surface area (Å²) in [6, 6.07) is 8.93. The van der Waals surface area contributed by atoms with E-state index in [9.17, 15) is 17.2 Å². The van der Waals surface area contributed by atoms with Crippen molar-refractivity contribution in [3.63, 3.8) is 0 Å². The van der Waals surface area contributed by atoms with Gasteiger partial charge in [0.1, 0.15) is 0 Å². The third-order valence-corrected chi connectivity index (χ3v) is 3.75. The van der Waals surface area contributed by atoms with Gasteiger partial charge in [-0.05, 0) is 5.56 Å². The summed E-state index contributed by atoms with van der Waals surface area (Å²) in [6.07, 6.45) is 0. The summed E-state index contributed by atoms with van der Waals surface area (Å²) in [5.74, 6) is -3.40. The van der Waals surface area contributed by atoms with E-state index in [4.69, 9.17) is 0 Å². The molecular formula is C9H10BrF2NO2S. The van der Waals surface area contributed by atoms with Crippen LogP contribution in [-0.4, -0.2) is 20.7 Å². The SMILES string of the molecule is O=S(=O)(NCC(Br)c1ccccc1)C(F)F. The molecule has 0 saturated heterocycles. The first kappa shape index (κ1) is 13.5. The molecule has 3 nitrogen and oxygen atoms in total. The molecule has 1 aromatic rings. The van der Waals surface area contributed by atoms with E-state index in [1.165, 1.54) is 0 Å². The number of rotatable bonds is 5. The van der Waals surface area contributed by atoms with E-state index < -0.39 is 15.8 Å². The average molecular weight is 314 g/mol. The molecule has 1 N–H and O–H groups in total. The highest BCUT2D eigenvalue weighted by Crippen LogP contribution is 2.21. The largest absolute Gasteiger partial charge is 0.350 e. The van der Waals surface area contributed by atoms with Crippen molar-refractivity contribution in [2.75, 3.05) is 6.54 Å². The lowest BCUT2D eigenvalue weighted by Gasteiger charge is -2.11. The molecule has 0 aromatic heterocycles. The van der Waals surface area contributed by atoms with Gasteiger partial charge in [-0.1, -0.05) is 46.3 Å². The van der Waals surface area contributed by atoms with Crippen molar-refractivity contribution in [1.82, 2.24) is 4.72 Å². The van der Waals surface area contributed by atoms with E-state index in [0.717, 1.165) is 5.56 Å². The fourth-order valence-electron chi connectivity index (χ4n) is 1.03. The second-order valence-electron chi connectivity index (χ2n) is 3.03. The number of hydrogen-bond acceptors (Lipinski definition) is 2. The molecule has 0 fully saturated rings. The van der Waals surface area contributed by atoms with Crippen LogP contribution in [-0.2, 0) is 10.0 Å². The Morgan fingerprint density at radius 1 is 1.25 bits per heavy atom. The maximum Gasteiger partial charge on any atom is 0.350 e. The lowest BCUT2D eigenvalue weighted by molar-refractivity contribution is 0.232. The summed E-state index contributed by atoms with van der Waals surface area (Å²) in [5, 5.41) is 0. The summed E-state index contributed by atoms with van der Waals surface area (Å²) in [7, 11) is -4.51.